The Morgan fingerprint density at radius 3 is 2.80 bits per heavy atom. The molecule has 4 N–H and O–H groups in total. The first-order valence-electron chi connectivity index (χ1n) is 4.39. The van der Waals surface area contributed by atoms with Crippen molar-refractivity contribution in [2.24, 2.45) is 5.84 Å². The largest absolute Gasteiger partial charge is 0.339 e. The van der Waals surface area contributed by atoms with Crippen LogP contribution in [0.5, 0.6) is 0 Å². The van der Waals surface area contributed by atoms with E-state index in [0.717, 1.165) is 5.01 Å². The molecule has 7 heteroatoms. The predicted octanol–water partition coefficient (Wildman–Crippen LogP) is -0.300. The van der Waals surface area contributed by atoms with Gasteiger partial charge in [-0.25, -0.2) is 10.8 Å². The minimum atomic E-state index is -0.856. The molecule has 0 aliphatic heterocycles. The van der Waals surface area contributed by atoms with Crippen LogP contribution in [0.4, 0.5) is 0 Å². The summed E-state index contributed by atoms with van der Waals surface area (Å²) in [6, 6.07) is -0.241. The van der Waals surface area contributed by atoms with Gasteiger partial charge in [-0.3, -0.25) is 15.0 Å². The molecule has 1 aromatic heterocycles. The number of rotatable bonds is 3. The van der Waals surface area contributed by atoms with E-state index in [1.807, 2.05) is 12.3 Å². The number of nitrogens with two attached hydrogens (primary N) is 1. The number of nitrogens with one attached hydrogen (secondary N) is 2. The molecule has 0 saturated carbocycles. The van der Waals surface area contributed by atoms with Gasteiger partial charge < -0.3 is 5.32 Å². The van der Waals surface area contributed by atoms with Crippen LogP contribution in [0.25, 0.3) is 0 Å². The summed E-state index contributed by atoms with van der Waals surface area (Å²) in [6.07, 6.45) is 2.31. The average Bonchev–Trinajstić information content (AvgIpc) is 2.77. The summed E-state index contributed by atoms with van der Waals surface area (Å²) in [4.78, 5) is 26.1. The minimum absolute atomic E-state index is 0.241. The SMILES string of the molecule is CCC(NC(=O)C(=O)NN)c1nccs1. The van der Waals surface area contributed by atoms with Gasteiger partial charge in [0.1, 0.15) is 5.01 Å². The van der Waals surface area contributed by atoms with Crippen molar-refractivity contribution in [1.82, 2.24) is 15.7 Å². The molecule has 0 radical (unpaired) electrons. The summed E-state index contributed by atoms with van der Waals surface area (Å²) in [6.45, 7) is 1.90. The van der Waals surface area contributed by atoms with Gasteiger partial charge in [0.05, 0.1) is 6.04 Å². The van der Waals surface area contributed by atoms with E-state index in [4.69, 9.17) is 5.84 Å². The van der Waals surface area contributed by atoms with Gasteiger partial charge in [-0.15, -0.1) is 11.3 Å². The first kappa shape index (κ1) is 11.6. The van der Waals surface area contributed by atoms with Gasteiger partial charge in [0.2, 0.25) is 0 Å². The van der Waals surface area contributed by atoms with E-state index in [2.05, 4.69) is 10.3 Å². The summed E-state index contributed by atoms with van der Waals surface area (Å²) < 4.78 is 0. The van der Waals surface area contributed by atoms with Gasteiger partial charge in [0.25, 0.3) is 0 Å². The van der Waals surface area contributed by atoms with Gasteiger partial charge in [0, 0.05) is 11.6 Å². The lowest BCUT2D eigenvalue weighted by Crippen LogP contribution is -2.44. The lowest BCUT2D eigenvalue weighted by Gasteiger charge is -2.13. The maximum absolute atomic E-state index is 11.2. The number of hydrazine groups is 1. The molecule has 0 aliphatic carbocycles. The molecule has 1 atom stereocenters. The Bertz CT molecular complexity index is 338. The molecular weight excluding hydrogens is 216 g/mol. The fourth-order valence-electron chi connectivity index (χ4n) is 1.03. The molecule has 1 rings (SSSR count). The fourth-order valence-corrected chi connectivity index (χ4v) is 1.81. The van der Waals surface area contributed by atoms with Crippen LogP contribution >= 0.6 is 11.3 Å². The minimum Gasteiger partial charge on any atom is -0.339 e. The van der Waals surface area contributed by atoms with E-state index >= 15 is 0 Å². The van der Waals surface area contributed by atoms with Crippen LogP contribution in [0.1, 0.15) is 24.4 Å². The molecule has 0 spiro atoms. The number of nitrogens with zero attached hydrogens (tertiary/aromatic N) is 1. The highest BCUT2D eigenvalue weighted by Gasteiger charge is 2.19. The summed E-state index contributed by atoms with van der Waals surface area (Å²) in [5, 5.41) is 5.12. The second kappa shape index (κ2) is 5.42. The first-order chi connectivity index (χ1) is 7.19. The fraction of sp³-hybridized carbons (Fsp3) is 0.375. The highest BCUT2D eigenvalue weighted by Crippen LogP contribution is 2.18. The van der Waals surface area contributed by atoms with E-state index in [0.29, 0.717) is 6.42 Å². The zero-order valence-corrected chi connectivity index (χ0v) is 9.00. The summed E-state index contributed by atoms with van der Waals surface area (Å²) in [5.74, 6) is 3.23. The van der Waals surface area contributed by atoms with Crippen molar-refractivity contribution in [3.8, 4) is 0 Å². The van der Waals surface area contributed by atoms with Crippen LogP contribution < -0.4 is 16.6 Å². The normalized spacial score (nSPS) is 11.9. The molecule has 0 bridgehead atoms. The number of carbonyl (C=O) groups is 2. The Kier molecular flexibility index (Phi) is 4.19. The smallest absolute Gasteiger partial charge is 0.323 e. The zero-order chi connectivity index (χ0) is 11.3. The third-order valence-corrected chi connectivity index (χ3v) is 2.69. The number of hydrogen-bond acceptors (Lipinski definition) is 5. The van der Waals surface area contributed by atoms with Gasteiger partial charge in [-0.2, -0.15) is 0 Å². The molecule has 82 valence electrons. The van der Waals surface area contributed by atoms with Crippen molar-refractivity contribution in [2.45, 2.75) is 19.4 Å². The van der Waals surface area contributed by atoms with Crippen LogP contribution in [0.15, 0.2) is 11.6 Å². The highest BCUT2D eigenvalue weighted by molar-refractivity contribution is 7.09. The number of carbonyl (C=O) groups excluding carboxylic acids is 2. The van der Waals surface area contributed by atoms with Crippen LogP contribution in [0, 0.1) is 0 Å². The van der Waals surface area contributed by atoms with E-state index in [1.165, 1.54) is 11.3 Å². The Morgan fingerprint density at radius 1 is 1.60 bits per heavy atom. The highest BCUT2D eigenvalue weighted by atomic mass is 32.1. The molecule has 1 heterocycles. The van der Waals surface area contributed by atoms with Crippen LogP contribution in [-0.4, -0.2) is 16.8 Å². The summed E-state index contributed by atoms with van der Waals surface area (Å²) in [7, 11) is 0. The van der Waals surface area contributed by atoms with Crippen LogP contribution in [0.3, 0.4) is 0 Å². The van der Waals surface area contributed by atoms with Gasteiger partial charge >= 0.3 is 11.8 Å². The first-order valence-corrected chi connectivity index (χ1v) is 5.27. The van der Waals surface area contributed by atoms with E-state index < -0.39 is 11.8 Å². The molecular formula is C8H12N4O2S. The van der Waals surface area contributed by atoms with Gasteiger partial charge in [-0.05, 0) is 6.42 Å². The molecule has 0 saturated heterocycles. The van der Waals surface area contributed by atoms with E-state index in [9.17, 15) is 9.59 Å². The topological polar surface area (TPSA) is 97.1 Å². The number of aromatic nitrogens is 1. The van der Waals surface area contributed by atoms with Crippen molar-refractivity contribution < 1.29 is 9.59 Å². The molecule has 0 fully saturated rings. The quantitative estimate of drug-likeness (QED) is 0.286. The zero-order valence-electron chi connectivity index (χ0n) is 8.19. The van der Waals surface area contributed by atoms with Crippen molar-refractivity contribution in [2.75, 3.05) is 0 Å². The van der Waals surface area contributed by atoms with E-state index in [-0.39, 0.29) is 6.04 Å². The summed E-state index contributed by atoms with van der Waals surface area (Å²) in [5.41, 5.74) is 1.77. The van der Waals surface area contributed by atoms with Crippen molar-refractivity contribution in [3.63, 3.8) is 0 Å². The molecule has 15 heavy (non-hydrogen) atoms. The molecule has 1 aromatic rings. The Balaban J connectivity index is 2.62. The molecule has 1 unspecified atom stereocenters. The van der Waals surface area contributed by atoms with Crippen LogP contribution in [-0.2, 0) is 9.59 Å². The van der Waals surface area contributed by atoms with Gasteiger partial charge in [-0.1, -0.05) is 6.92 Å². The Hall–Kier alpha value is -1.47. The maximum atomic E-state index is 11.2. The molecule has 0 aliphatic rings. The predicted molar refractivity (Wildman–Crippen MR) is 55.6 cm³/mol. The third kappa shape index (κ3) is 3.00. The maximum Gasteiger partial charge on any atom is 0.323 e. The molecule has 6 nitrogen and oxygen atoms in total. The van der Waals surface area contributed by atoms with Crippen molar-refractivity contribution in [3.05, 3.63) is 16.6 Å². The number of amides is 2. The Labute approximate surface area is 90.8 Å². The van der Waals surface area contributed by atoms with Gasteiger partial charge in [0.15, 0.2) is 0 Å². The lowest BCUT2D eigenvalue weighted by atomic mass is 10.2. The number of hydrogen-bond donors (Lipinski definition) is 3. The average molecular weight is 228 g/mol. The monoisotopic (exact) mass is 228 g/mol. The summed E-state index contributed by atoms with van der Waals surface area (Å²) >= 11 is 1.43. The second-order valence-corrected chi connectivity index (χ2v) is 3.70. The standard InChI is InChI=1S/C8H12N4O2S/c1-2-5(8-10-3-4-15-8)11-6(13)7(14)12-9/h3-5H,2,9H2,1H3,(H,11,13)(H,12,14). The Morgan fingerprint density at radius 2 is 2.33 bits per heavy atom. The van der Waals surface area contributed by atoms with E-state index in [1.54, 1.807) is 11.6 Å². The third-order valence-electron chi connectivity index (χ3n) is 1.80. The number of thiazole rings is 1. The molecule has 0 aromatic carbocycles. The second-order valence-electron chi connectivity index (χ2n) is 2.78. The lowest BCUT2D eigenvalue weighted by molar-refractivity contribution is -0.139. The molecule has 2 amide bonds. The van der Waals surface area contributed by atoms with Crippen LogP contribution in [0.2, 0.25) is 0 Å². The van der Waals surface area contributed by atoms with Crippen molar-refractivity contribution in [1.29, 1.82) is 0 Å². The van der Waals surface area contributed by atoms with Crippen molar-refractivity contribution >= 4 is 23.2 Å².